The Morgan fingerprint density at radius 2 is 1.64 bits per heavy atom. The Bertz CT molecular complexity index is 846. The molecule has 2 aromatic carbocycles. The molecule has 0 heterocycles. The molecular formula is C21H23ClO6. The Labute approximate surface area is 169 Å². The molecule has 0 aliphatic heterocycles. The van der Waals surface area contributed by atoms with Crippen molar-refractivity contribution in [3.8, 4) is 5.75 Å². The van der Waals surface area contributed by atoms with Gasteiger partial charge in [-0.25, -0.2) is 4.79 Å². The number of halogens is 1. The molecule has 2 rings (SSSR count). The first-order valence-corrected chi connectivity index (χ1v) is 9.21. The zero-order valence-electron chi connectivity index (χ0n) is 16.0. The molecule has 0 spiro atoms. The fourth-order valence-electron chi connectivity index (χ4n) is 2.45. The number of fused-ring (bicyclic) bond motifs is 1. The highest BCUT2D eigenvalue weighted by atomic mass is 35.5. The number of carbonyl (C=O) groups is 2. The van der Waals surface area contributed by atoms with E-state index in [1.54, 1.807) is 26.2 Å². The average Bonchev–Trinajstić information content (AvgIpc) is 2.68. The van der Waals surface area contributed by atoms with Crippen LogP contribution in [0.2, 0.25) is 0 Å². The molecule has 6 nitrogen and oxygen atoms in total. The molecule has 0 aromatic heterocycles. The van der Waals surface area contributed by atoms with Crippen molar-refractivity contribution in [2.24, 2.45) is 0 Å². The summed E-state index contributed by atoms with van der Waals surface area (Å²) in [5, 5.41) is 2.06. The lowest BCUT2D eigenvalue weighted by atomic mass is 9.98. The number of carbonyl (C=O) groups excluding carboxylic acids is 2. The summed E-state index contributed by atoms with van der Waals surface area (Å²) < 4.78 is 19.8. The Kier molecular flexibility index (Phi) is 8.14. The number of benzene rings is 2. The third kappa shape index (κ3) is 6.46. The van der Waals surface area contributed by atoms with Crippen LogP contribution >= 0.6 is 11.6 Å². The maximum atomic E-state index is 12.2. The maximum absolute atomic E-state index is 12.2. The third-order valence-corrected chi connectivity index (χ3v) is 4.06. The first-order valence-electron chi connectivity index (χ1n) is 8.77. The largest absolute Gasteiger partial charge is 0.510 e. The Morgan fingerprint density at radius 1 is 1.00 bits per heavy atom. The van der Waals surface area contributed by atoms with Crippen LogP contribution < -0.4 is 4.74 Å². The molecule has 0 aliphatic carbocycles. The van der Waals surface area contributed by atoms with Crippen LogP contribution in [0, 0.1) is 0 Å². The lowest BCUT2D eigenvalue weighted by molar-refractivity contribution is -0.143. The van der Waals surface area contributed by atoms with Crippen molar-refractivity contribution in [2.75, 3.05) is 20.3 Å². The van der Waals surface area contributed by atoms with Gasteiger partial charge in [-0.15, -0.1) is 0 Å². The second-order valence-electron chi connectivity index (χ2n) is 6.02. The van der Waals surface area contributed by atoms with Gasteiger partial charge in [0.25, 0.3) is 0 Å². The van der Waals surface area contributed by atoms with Crippen LogP contribution in [0.5, 0.6) is 5.75 Å². The fraction of sp³-hybridized carbons (Fsp3) is 0.333. The zero-order chi connectivity index (χ0) is 20.5. The molecule has 0 aliphatic rings. The van der Waals surface area contributed by atoms with Crippen LogP contribution in [0.4, 0.5) is 4.79 Å². The highest BCUT2D eigenvalue weighted by molar-refractivity contribution is 6.19. The molecule has 0 radical (unpaired) electrons. The predicted molar refractivity (Wildman–Crippen MR) is 107 cm³/mol. The number of alkyl halides is 1. The minimum atomic E-state index is -0.855. The van der Waals surface area contributed by atoms with Gasteiger partial charge in [0.15, 0.2) is 5.56 Å². The normalized spacial score (nSPS) is 13.1. The van der Waals surface area contributed by atoms with E-state index in [1.165, 1.54) is 6.92 Å². The third-order valence-electron chi connectivity index (χ3n) is 3.97. The summed E-state index contributed by atoms with van der Waals surface area (Å²) in [7, 11) is 1.63. The van der Waals surface area contributed by atoms with Gasteiger partial charge in [0, 0.05) is 0 Å². The Balaban J connectivity index is 1.83. The molecule has 7 heteroatoms. The van der Waals surface area contributed by atoms with E-state index in [1.807, 2.05) is 36.4 Å². The summed E-state index contributed by atoms with van der Waals surface area (Å²) in [6, 6.07) is 11.6. The number of hydrogen-bond donors (Lipinski definition) is 0. The first kappa shape index (κ1) is 21.6. The molecule has 0 saturated carbocycles. The molecule has 28 heavy (non-hydrogen) atoms. The number of rotatable bonds is 8. The summed E-state index contributed by atoms with van der Waals surface area (Å²) in [5.41, 5.74) is 0.115. The Morgan fingerprint density at radius 3 is 2.32 bits per heavy atom. The van der Waals surface area contributed by atoms with Crippen LogP contribution in [-0.4, -0.2) is 38.0 Å². The molecule has 150 valence electrons. The highest BCUT2D eigenvalue weighted by Gasteiger charge is 2.16. The maximum Gasteiger partial charge on any atom is 0.510 e. The van der Waals surface area contributed by atoms with Gasteiger partial charge in [-0.1, -0.05) is 35.9 Å². The summed E-state index contributed by atoms with van der Waals surface area (Å²) in [6.07, 6.45) is 2.29. The van der Waals surface area contributed by atoms with Gasteiger partial charge < -0.3 is 18.9 Å². The SMILES string of the molecule is COc1ccc2cc([C@H](C)C(=O)OCC=CCOC(=O)OC(C)Cl)ccc2c1. The fourth-order valence-corrected chi connectivity index (χ4v) is 2.52. The molecular weight excluding hydrogens is 384 g/mol. The number of esters is 1. The number of methoxy groups -OCH3 is 1. The lowest BCUT2D eigenvalue weighted by Crippen LogP contribution is -2.13. The van der Waals surface area contributed by atoms with Crippen molar-refractivity contribution >= 4 is 34.5 Å². The molecule has 0 fully saturated rings. The molecule has 2 aromatic rings. The summed E-state index contributed by atoms with van der Waals surface area (Å²) >= 11 is 5.49. The van der Waals surface area contributed by atoms with Gasteiger partial charge in [0.1, 0.15) is 19.0 Å². The van der Waals surface area contributed by atoms with E-state index < -0.39 is 17.6 Å². The van der Waals surface area contributed by atoms with Crippen molar-refractivity contribution in [1.82, 2.24) is 0 Å². The zero-order valence-corrected chi connectivity index (χ0v) is 16.8. The van der Waals surface area contributed by atoms with Crippen molar-refractivity contribution < 1.29 is 28.5 Å². The van der Waals surface area contributed by atoms with Crippen LogP contribution in [0.1, 0.15) is 25.3 Å². The van der Waals surface area contributed by atoms with Gasteiger partial charge in [-0.2, -0.15) is 0 Å². The van der Waals surface area contributed by atoms with Crippen LogP contribution in [-0.2, 0) is 19.0 Å². The van der Waals surface area contributed by atoms with E-state index >= 15 is 0 Å². The van der Waals surface area contributed by atoms with E-state index in [9.17, 15) is 9.59 Å². The van der Waals surface area contributed by atoms with E-state index in [4.69, 9.17) is 25.8 Å². The minimum absolute atomic E-state index is 0.00365. The summed E-state index contributed by atoms with van der Waals surface area (Å²) in [6.45, 7) is 3.39. The topological polar surface area (TPSA) is 71.1 Å². The number of hydrogen-bond acceptors (Lipinski definition) is 6. The van der Waals surface area contributed by atoms with Gasteiger partial charge in [0.05, 0.1) is 13.0 Å². The van der Waals surface area contributed by atoms with Crippen LogP contribution in [0.3, 0.4) is 0 Å². The average molecular weight is 407 g/mol. The lowest BCUT2D eigenvalue weighted by Gasteiger charge is -2.12. The van der Waals surface area contributed by atoms with Crippen molar-refractivity contribution in [2.45, 2.75) is 25.3 Å². The van der Waals surface area contributed by atoms with Gasteiger partial charge in [-0.05, 0) is 54.5 Å². The van der Waals surface area contributed by atoms with Gasteiger partial charge in [0.2, 0.25) is 0 Å². The van der Waals surface area contributed by atoms with Crippen molar-refractivity contribution in [3.05, 3.63) is 54.1 Å². The van der Waals surface area contributed by atoms with E-state index in [0.29, 0.717) is 0 Å². The predicted octanol–water partition coefficient (Wildman–Crippen LogP) is 4.79. The summed E-state index contributed by atoms with van der Waals surface area (Å²) in [5.74, 6) is 0.0408. The van der Waals surface area contributed by atoms with Crippen LogP contribution in [0.15, 0.2) is 48.6 Å². The molecule has 0 amide bonds. The van der Waals surface area contributed by atoms with Crippen molar-refractivity contribution in [1.29, 1.82) is 0 Å². The minimum Gasteiger partial charge on any atom is -0.497 e. The molecule has 2 atom stereocenters. The quantitative estimate of drug-likeness (QED) is 0.356. The van der Waals surface area contributed by atoms with Gasteiger partial charge in [-0.3, -0.25) is 4.79 Å². The Hall–Kier alpha value is -2.73. The highest BCUT2D eigenvalue weighted by Crippen LogP contribution is 2.25. The molecule has 0 N–H and O–H groups in total. The smallest absolute Gasteiger partial charge is 0.497 e. The summed E-state index contributed by atoms with van der Waals surface area (Å²) in [4.78, 5) is 23.4. The van der Waals surface area contributed by atoms with Crippen LogP contribution in [0.25, 0.3) is 10.8 Å². The van der Waals surface area contributed by atoms with E-state index in [0.717, 1.165) is 22.1 Å². The van der Waals surface area contributed by atoms with E-state index in [2.05, 4.69) is 4.74 Å². The second kappa shape index (κ2) is 10.6. The second-order valence-corrected chi connectivity index (χ2v) is 6.63. The van der Waals surface area contributed by atoms with E-state index in [-0.39, 0.29) is 19.2 Å². The molecule has 0 saturated heterocycles. The number of ether oxygens (including phenoxy) is 4. The molecule has 0 bridgehead atoms. The monoisotopic (exact) mass is 406 g/mol. The first-order chi connectivity index (χ1) is 13.4. The van der Waals surface area contributed by atoms with Crippen molar-refractivity contribution in [3.63, 3.8) is 0 Å². The molecule has 1 unspecified atom stereocenters. The standard InChI is InChI=1S/C21H23ClO6/c1-14(16-6-7-18-13-19(25-3)9-8-17(18)12-16)20(23)26-10-4-5-11-27-21(24)28-15(2)22/h4-9,12-15H,10-11H2,1-3H3/t14-,15?/m0/s1. The van der Waals surface area contributed by atoms with Gasteiger partial charge >= 0.3 is 12.1 Å².